The highest BCUT2D eigenvalue weighted by Crippen LogP contribution is 2.32. The highest BCUT2D eigenvalue weighted by Gasteiger charge is 2.24. The van der Waals surface area contributed by atoms with Gasteiger partial charge in [0.15, 0.2) is 6.61 Å². The predicted molar refractivity (Wildman–Crippen MR) is 109 cm³/mol. The number of aromatic nitrogens is 1. The summed E-state index contributed by atoms with van der Waals surface area (Å²) < 4.78 is 5.30. The number of hydrogen-bond donors (Lipinski definition) is 2. The molecular weight excluding hydrogens is 352 g/mol. The average Bonchev–Trinajstić information content (AvgIpc) is 3.05. The van der Waals surface area contributed by atoms with Crippen LogP contribution >= 0.6 is 0 Å². The molecule has 2 aromatic rings. The highest BCUT2D eigenvalue weighted by atomic mass is 16.5. The largest absolute Gasteiger partial charge is 0.452 e. The van der Waals surface area contributed by atoms with Crippen molar-refractivity contribution in [2.24, 2.45) is 11.8 Å². The van der Waals surface area contributed by atoms with Crippen molar-refractivity contribution < 1.29 is 14.3 Å². The lowest BCUT2D eigenvalue weighted by atomic mass is 9.86. The summed E-state index contributed by atoms with van der Waals surface area (Å²) in [5.74, 6) is 0.500. The number of H-pyrrole nitrogens is 1. The number of amides is 1. The van der Waals surface area contributed by atoms with Gasteiger partial charge >= 0.3 is 5.97 Å². The first-order chi connectivity index (χ1) is 13.5. The molecule has 3 atom stereocenters. The third-order valence-electron chi connectivity index (χ3n) is 6.46. The zero-order chi connectivity index (χ0) is 19.7. The fourth-order valence-corrected chi connectivity index (χ4v) is 4.71. The van der Waals surface area contributed by atoms with Gasteiger partial charge in [0.25, 0.3) is 5.91 Å². The fraction of sp³-hybridized carbons (Fsp3) is 0.565. The van der Waals surface area contributed by atoms with Crippen LogP contribution in [0.25, 0.3) is 10.9 Å². The molecule has 5 nitrogen and oxygen atoms in total. The molecule has 150 valence electrons. The van der Waals surface area contributed by atoms with Gasteiger partial charge in [0.1, 0.15) is 0 Å². The summed E-state index contributed by atoms with van der Waals surface area (Å²) in [5, 5.41) is 4.13. The van der Waals surface area contributed by atoms with Gasteiger partial charge in [-0.3, -0.25) is 4.79 Å². The van der Waals surface area contributed by atoms with Gasteiger partial charge in [-0.25, -0.2) is 4.79 Å². The van der Waals surface area contributed by atoms with Crippen molar-refractivity contribution in [3.8, 4) is 0 Å². The van der Waals surface area contributed by atoms with Gasteiger partial charge in [-0.1, -0.05) is 26.7 Å². The Morgan fingerprint density at radius 3 is 2.82 bits per heavy atom. The second-order valence-corrected chi connectivity index (χ2v) is 8.70. The van der Waals surface area contributed by atoms with Gasteiger partial charge in [-0.15, -0.1) is 0 Å². The molecular formula is C23H30N2O3. The van der Waals surface area contributed by atoms with Gasteiger partial charge in [-0.05, 0) is 67.7 Å². The number of carbonyl (C=O) groups excluding carboxylic acids is 2. The van der Waals surface area contributed by atoms with E-state index in [9.17, 15) is 9.59 Å². The molecule has 0 saturated heterocycles. The number of ether oxygens (including phenoxy) is 1. The van der Waals surface area contributed by atoms with E-state index in [0.29, 0.717) is 17.4 Å². The van der Waals surface area contributed by atoms with Crippen LogP contribution in [0.3, 0.4) is 0 Å². The lowest BCUT2D eigenvalue weighted by Gasteiger charge is -2.29. The van der Waals surface area contributed by atoms with Crippen molar-refractivity contribution in [2.75, 3.05) is 6.61 Å². The lowest BCUT2D eigenvalue weighted by Crippen LogP contribution is -2.42. The molecule has 4 rings (SSSR count). The van der Waals surface area contributed by atoms with E-state index < -0.39 is 5.97 Å². The number of nitrogens with one attached hydrogen (secondary N) is 2. The Labute approximate surface area is 166 Å². The van der Waals surface area contributed by atoms with Crippen LogP contribution < -0.4 is 5.32 Å². The molecule has 5 heteroatoms. The van der Waals surface area contributed by atoms with Crippen molar-refractivity contribution in [1.29, 1.82) is 0 Å². The van der Waals surface area contributed by atoms with E-state index in [0.717, 1.165) is 43.0 Å². The Morgan fingerprint density at radius 1 is 1.18 bits per heavy atom. The molecule has 1 heterocycles. The first-order valence-corrected chi connectivity index (χ1v) is 10.6. The van der Waals surface area contributed by atoms with Gasteiger partial charge in [0.05, 0.1) is 5.56 Å². The SMILES string of the molecule is C[C@@H]1CCc2[nH]c3ccc(C(=O)OCC(=O)N[C@H]4CCCC[C@@H]4C)cc3c2C1. The quantitative estimate of drug-likeness (QED) is 0.781. The Bertz CT molecular complexity index is 885. The second kappa shape index (κ2) is 7.98. The van der Waals surface area contributed by atoms with E-state index in [-0.39, 0.29) is 18.6 Å². The number of aromatic amines is 1. The maximum atomic E-state index is 12.5. The minimum Gasteiger partial charge on any atom is -0.452 e. The smallest absolute Gasteiger partial charge is 0.338 e. The molecule has 2 aliphatic carbocycles. The van der Waals surface area contributed by atoms with Crippen molar-refractivity contribution in [3.05, 3.63) is 35.0 Å². The number of rotatable bonds is 4. The number of esters is 1. The van der Waals surface area contributed by atoms with Gasteiger partial charge in [0, 0.05) is 22.6 Å². The van der Waals surface area contributed by atoms with Crippen LogP contribution in [-0.4, -0.2) is 29.5 Å². The number of fused-ring (bicyclic) bond motifs is 3. The first kappa shape index (κ1) is 19.0. The first-order valence-electron chi connectivity index (χ1n) is 10.6. The maximum Gasteiger partial charge on any atom is 0.338 e. The summed E-state index contributed by atoms with van der Waals surface area (Å²) in [4.78, 5) is 28.2. The van der Waals surface area contributed by atoms with Crippen molar-refractivity contribution >= 4 is 22.8 Å². The Hall–Kier alpha value is -2.30. The molecule has 2 aliphatic rings. The number of aryl methyl sites for hydroxylation is 1. The Kier molecular flexibility index (Phi) is 5.42. The molecule has 1 fully saturated rings. The van der Waals surface area contributed by atoms with Crippen LogP contribution in [0.4, 0.5) is 0 Å². The number of benzene rings is 1. The summed E-state index contributed by atoms with van der Waals surface area (Å²) in [6.07, 6.45) is 7.82. The lowest BCUT2D eigenvalue weighted by molar-refractivity contribution is -0.125. The van der Waals surface area contributed by atoms with Crippen LogP contribution in [-0.2, 0) is 22.4 Å². The third-order valence-corrected chi connectivity index (χ3v) is 6.46. The monoisotopic (exact) mass is 382 g/mol. The Morgan fingerprint density at radius 2 is 2.00 bits per heavy atom. The van der Waals surface area contributed by atoms with E-state index in [2.05, 4.69) is 24.1 Å². The molecule has 28 heavy (non-hydrogen) atoms. The molecule has 0 aliphatic heterocycles. The molecule has 2 N–H and O–H groups in total. The van der Waals surface area contributed by atoms with E-state index in [1.165, 1.54) is 24.1 Å². The van der Waals surface area contributed by atoms with Crippen molar-refractivity contribution in [3.63, 3.8) is 0 Å². The molecule has 1 aromatic carbocycles. The molecule has 1 saturated carbocycles. The van der Waals surface area contributed by atoms with Gasteiger partial charge < -0.3 is 15.0 Å². The summed E-state index contributed by atoms with van der Waals surface area (Å²) >= 11 is 0. The third kappa shape index (κ3) is 3.94. The van der Waals surface area contributed by atoms with Crippen LogP contribution in [0.2, 0.25) is 0 Å². The fourth-order valence-electron chi connectivity index (χ4n) is 4.71. The molecule has 1 amide bonds. The predicted octanol–water partition coefficient (Wildman–Crippen LogP) is 4.14. The van der Waals surface area contributed by atoms with E-state index >= 15 is 0 Å². The van der Waals surface area contributed by atoms with Crippen LogP contribution in [0, 0.1) is 11.8 Å². The zero-order valence-electron chi connectivity index (χ0n) is 16.8. The summed E-state index contributed by atoms with van der Waals surface area (Å²) in [7, 11) is 0. The van der Waals surface area contributed by atoms with E-state index in [4.69, 9.17) is 4.74 Å². The molecule has 0 radical (unpaired) electrons. The Balaban J connectivity index is 1.40. The van der Waals surface area contributed by atoms with Crippen molar-refractivity contribution in [1.82, 2.24) is 10.3 Å². The second-order valence-electron chi connectivity index (χ2n) is 8.70. The summed E-state index contributed by atoms with van der Waals surface area (Å²) in [6.45, 7) is 4.22. The van der Waals surface area contributed by atoms with E-state index in [1.54, 1.807) is 6.07 Å². The van der Waals surface area contributed by atoms with Crippen LogP contribution in [0.1, 0.15) is 67.6 Å². The normalized spacial score (nSPS) is 24.6. The van der Waals surface area contributed by atoms with E-state index in [1.807, 2.05) is 12.1 Å². The highest BCUT2D eigenvalue weighted by molar-refractivity contribution is 5.97. The maximum absolute atomic E-state index is 12.5. The van der Waals surface area contributed by atoms with Crippen LogP contribution in [0.15, 0.2) is 18.2 Å². The van der Waals surface area contributed by atoms with Gasteiger partial charge in [-0.2, -0.15) is 0 Å². The molecule has 1 aromatic heterocycles. The summed E-state index contributed by atoms with van der Waals surface area (Å²) in [6, 6.07) is 5.83. The number of carbonyl (C=O) groups is 2. The molecule has 0 spiro atoms. The standard InChI is InChI=1S/C23H30N2O3/c1-14-7-9-20-17(11-14)18-12-16(8-10-21(18)24-20)23(27)28-13-22(26)25-19-6-4-3-5-15(19)2/h8,10,12,14-15,19,24H,3-7,9,11,13H2,1-2H3,(H,25,26)/t14-,15+,19+/m1/s1. The van der Waals surface area contributed by atoms with Gasteiger partial charge in [0.2, 0.25) is 0 Å². The topological polar surface area (TPSA) is 71.2 Å². The number of hydrogen-bond acceptors (Lipinski definition) is 3. The average molecular weight is 383 g/mol. The van der Waals surface area contributed by atoms with Crippen LogP contribution in [0.5, 0.6) is 0 Å². The van der Waals surface area contributed by atoms with Crippen molar-refractivity contribution in [2.45, 2.75) is 64.8 Å². The minimum atomic E-state index is -0.437. The summed E-state index contributed by atoms with van der Waals surface area (Å²) in [5.41, 5.74) is 4.19. The zero-order valence-corrected chi connectivity index (χ0v) is 16.8. The molecule has 0 unspecified atom stereocenters. The minimum absolute atomic E-state index is 0.199. The molecule has 0 bridgehead atoms.